The fourth-order valence-electron chi connectivity index (χ4n) is 3.14. The molecule has 9 heteroatoms. The zero-order chi connectivity index (χ0) is 19.2. The Hall–Kier alpha value is -2.81. The molecule has 2 aromatic rings. The Labute approximate surface area is 158 Å². The van der Waals surface area contributed by atoms with Crippen molar-refractivity contribution in [3.63, 3.8) is 0 Å². The molecular weight excluding hydrogens is 346 g/mol. The van der Waals surface area contributed by atoms with Crippen molar-refractivity contribution in [1.82, 2.24) is 30.2 Å². The minimum absolute atomic E-state index is 0.359. The molecule has 1 saturated heterocycles. The number of nitrogens with zero attached hydrogens (tertiary/aromatic N) is 5. The summed E-state index contributed by atoms with van der Waals surface area (Å²) in [6, 6.07) is 5.66. The third-order valence-corrected chi connectivity index (χ3v) is 4.72. The molecule has 3 heterocycles. The molecule has 27 heavy (non-hydrogen) atoms. The Kier molecular flexibility index (Phi) is 6.12. The predicted molar refractivity (Wildman–Crippen MR) is 100 cm³/mol. The molecule has 144 valence electrons. The number of anilines is 1. The number of hydrogen-bond acceptors (Lipinski definition) is 6. The first-order valence-corrected chi connectivity index (χ1v) is 9.22. The highest BCUT2D eigenvalue weighted by atomic mass is 16.2. The van der Waals surface area contributed by atoms with Crippen LogP contribution in [-0.2, 0) is 9.59 Å². The van der Waals surface area contributed by atoms with Gasteiger partial charge in [0.15, 0.2) is 5.82 Å². The van der Waals surface area contributed by atoms with Crippen LogP contribution in [0.1, 0.15) is 31.9 Å². The van der Waals surface area contributed by atoms with Crippen molar-refractivity contribution in [3.05, 3.63) is 30.1 Å². The lowest BCUT2D eigenvalue weighted by Crippen LogP contribution is -2.44. The summed E-state index contributed by atoms with van der Waals surface area (Å²) in [5, 5.41) is 17.4. The third kappa shape index (κ3) is 4.88. The molecule has 0 bridgehead atoms. The number of rotatable bonds is 5. The first kappa shape index (κ1) is 19.0. The average molecular weight is 371 g/mol. The van der Waals surface area contributed by atoms with Crippen LogP contribution in [0, 0.1) is 6.92 Å². The van der Waals surface area contributed by atoms with Gasteiger partial charge >= 0.3 is 11.8 Å². The molecule has 0 aromatic carbocycles. The number of aryl methyl sites for hydroxylation is 1. The molecule has 2 amide bonds. The molecular formula is C18H25N7O2. The van der Waals surface area contributed by atoms with Crippen LogP contribution < -0.4 is 10.6 Å². The van der Waals surface area contributed by atoms with Gasteiger partial charge in [-0.2, -0.15) is 14.9 Å². The minimum atomic E-state index is -0.733. The van der Waals surface area contributed by atoms with E-state index in [4.69, 9.17) is 0 Å². The largest absolute Gasteiger partial charge is 0.347 e. The highest BCUT2D eigenvalue weighted by Gasteiger charge is 2.20. The molecule has 1 aliphatic heterocycles. The van der Waals surface area contributed by atoms with Gasteiger partial charge in [0.1, 0.15) is 5.82 Å². The molecule has 1 unspecified atom stereocenters. The summed E-state index contributed by atoms with van der Waals surface area (Å²) >= 11 is 0. The minimum Gasteiger partial charge on any atom is -0.347 e. The van der Waals surface area contributed by atoms with Crippen molar-refractivity contribution >= 4 is 17.6 Å². The number of likely N-dealkylation sites (tertiary alicyclic amines) is 1. The van der Waals surface area contributed by atoms with Crippen molar-refractivity contribution < 1.29 is 9.59 Å². The summed E-state index contributed by atoms with van der Waals surface area (Å²) in [4.78, 5) is 26.6. The maximum absolute atomic E-state index is 12.2. The summed E-state index contributed by atoms with van der Waals surface area (Å²) in [6.07, 6.45) is 5.14. The van der Waals surface area contributed by atoms with Crippen LogP contribution in [0.5, 0.6) is 0 Å². The second-order valence-corrected chi connectivity index (χ2v) is 6.75. The number of hydrogen-bond donors (Lipinski definition) is 2. The van der Waals surface area contributed by atoms with Crippen LogP contribution in [0.25, 0.3) is 5.82 Å². The number of amides is 2. The lowest BCUT2D eigenvalue weighted by molar-refractivity contribution is -0.136. The highest BCUT2D eigenvalue weighted by Crippen LogP contribution is 2.15. The van der Waals surface area contributed by atoms with E-state index in [-0.39, 0.29) is 0 Å². The Morgan fingerprint density at radius 1 is 1.19 bits per heavy atom. The molecule has 0 saturated carbocycles. The predicted octanol–water partition coefficient (Wildman–Crippen LogP) is 0.900. The molecule has 3 rings (SSSR count). The van der Waals surface area contributed by atoms with E-state index >= 15 is 0 Å². The fourth-order valence-corrected chi connectivity index (χ4v) is 3.14. The van der Waals surface area contributed by atoms with Gasteiger partial charge in [-0.05, 0) is 45.4 Å². The summed E-state index contributed by atoms with van der Waals surface area (Å²) in [5.74, 6) is -0.579. The van der Waals surface area contributed by atoms with E-state index < -0.39 is 11.8 Å². The first-order chi connectivity index (χ1) is 13.0. The average Bonchev–Trinajstić information content (AvgIpc) is 3.12. The van der Waals surface area contributed by atoms with E-state index in [1.54, 1.807) is 18.2 Å². The molecule has 1 fully saturated rings. The number of piperidine rings is 1. The van der Waals surface area contributed by atoms with Crippen LogP contribution in [0.2, 0.25) is 0 Å². The lowest BCUT2D eigenvalue weighted by Gasteiger charge is -2.33. The normalized spacial score (nSPS) is 17.5. The second kappa shape index (κ2) is 8.72. The van der Waals surface area contributed by atoms with Crippen molar-refractivity contribution in [1.29, 1.82) is 0 Å². The van der Waals surface area contributed by atoms with Gasteiger partial charge in [0.25, 0.3) is 0 Å². The number of carbonyl (C=O) groups excluding carboxylic acids is 2. The molecule has 0 aliphatic carbocycles. The zero-order valence-electron chi connectivity index (χ0n) is 15.7. The summed E-state index contributed by atoms with van der Waals surface area (Å²) < 4.78 is 1.42. The van der Waals surface area contributed by atoms with Gasteiger partial charge in [0, 0.05) is 25.2 Å². The van der Waals surface area contributed by atoms with Gasteiger partial charge in [-0.1, -0.05) is 6.42 Å². The maximum atomic E-state index is 12.2. The summed E-state index contributed by atoms with van der Waals surface area (Å²) in [5.41, 5.74) is 0.777. The number of carbonyl (C=O) groups is 2. The van der Waals surface area contributed by atoms with Crippen molar-refractivity contribution in [2.45, 2.75) is 39.2 Å². The molecule has 0 spiro atoms. The van der Waals surface area contributed by atoms with Crippen LogP contribution in [0.4, 0.5) is 5.82 Å². The highest BCUT2D eigenvalue weighted by molar-refractivity contribution is 6.39. The molecule has 0 radical (unpaired) electrons. The zero-order valence-corrected chi connectivity index (χ0v) is 15.7. The van der Waals surface area contributed by atoms with E-state index in [1.807, 2.05) is 6.92 Å². The monoisotopic (exact) mass is 371 g/mol. The van der Waals surface area contributed by atoms with E-state index in [0.717, 1.165) is 18.8 Å². The van der Waals surface area contributed by atoms with Crippen LogP contribution in [0.15, 0.2) is 24.4 Å². The van der Waals surface area contributed by atoms with Crippen molar-refractivity contribution in [2.24, 2.45) is 0 Å². The first-order valence-electron chi connectivity index (χ1n) is 9.22. The van der Waals surface area contributed by atoms with Gasteiger partial charge < -0.3 is 10.6 Å². The Balaban J connectivity index is 1.52. The lowest BCUT2D eigenvalue weighted by atomic mass is 10.0. The quantitative estimate of drug-likeness (QED) is 0.757. The Morgan fingerprint density at radius 3 is 2.78 bits per heavy atom. The van der Waals surface area contributed by atoms with Crippen molar-refractivity contribution in [2.75, 3.05) is 25.0 Å². The smallest absolute Gasteiger partial charge is 0.314 e. The van der Waals surface area contributed by atoms with E-state index in [1.165, 1.54) is 30.1 Å². The van der Waals surface area contributed by atoms with Crippen LogP contribution >= 0.6 is 0 Å². The van der Waals surface area contributed by atoms with Crippen LogP contribution in [-0.4, -0.2) is 62.4 Å². The fraction of sp³-hybridized carbons (Fsp3) is 0.500. The van der Waals surface area contributed by atoms with Crippen molar-refractivity contribution in [3.8, 4) is 5.82 Å². The topological polar surface area (TPSA) is 105 Å². The second-order valence-electron chi connectivity index (χ2n) is 6.75. The van der Waals surface area contributed by atoms with Gasteiger partial charge in [-0.25, -0.2) is 0 Å². The van der Waals surface area contributed by atoms with Crippen LogP contribution in [0.3, 0.4) is 0 Å². The number of aromatic nitrogens is 4. The maximum Gasteiger partial charge on any atom is 0.314 e. The van der Waals surface area contributed by atoms with E-state index in [9.17, 15) is 9.59 Å². The molecule has 1 atom stereocenters. The Morgan fingerprint density at radius 2 is 2.04 bits per heavy atom. The number of nitrogens with one attached hydrogen (secondary N) is 2. The molecule has 2 N–H and O–H groups in total. The summed E-state index contributed by atoms with van der Waals surface area (Å²) in [6.45, 7) is 6.26. The van der Waals surface area contributed by atoms with Gasteiger partial charge in [-0.3, -0.25) is 14.5 Å². The van der Waals surface area contributed by atoms with E-state index in [2.05, 4.69) is 37.8 Å². The van der Waals surface area contributed by atoms with Gasteiger partial charge in [-0.15, -0.1) is 5.10 Å². The molecule has 9 nitrogen and oxygen atoms in total. The SMILES string of the molecule is Cc1ccc(-n2nccc2NC(=O)C(=O)NCCN2CCCCC2C)nn1. The molecule has 2 aromatic heterocycles. The van der Waals surface area contributed by atoms with Gasteiger partial charge in [0.2, 0.25) is 0 Å². The van der Waals surface area contributed by atoms with Gasteiger partial charge in [0.05, 0.1) is 11.9 Å². The third-order valence-electron chi connectivity index (χ3n) is 4.72. The summed E-state index contributed by atoms with van der Waals surface area (Å²) in [7, 11) is 0. The standard InChI is InChI=1S/C18H25N7O2/c1-13-6-7-16(23-22-13)25-15(8-9-20-25)21-18(27)17(26)19-10-12-24-11-4-3-5-14(24)2/h6-9,14H,3-5,10-12H2,1-2H3,(H,19,26)(H,21,27). The molecule has 1 aliphatic rings. The van der Waals surface area contributed by atoms with E-state index in [0.29, 0.717) is 24.2 Å². The Bertz CT molecular complexity index is 787.